The fourth-order valence-electron chi connectivity index (χ4n) is 3.93. The molecule has 1 aliphatic carbocycles. The molecule has 0 radical (unpaired) electrons. The topological polar surface area (TPSA) is 29.3 Å². The van der Waals surface area contributed by atoms with Crippen LogP contribution in [0.2, 0.25) is 0 Å². The van der Waals surface area contributed by atoms with Crippen molar-refractivity contribution < 1.29 is 0 Å². The molecule has 1 saturated heterocycles. The van der Waals surface area contributed by atoms with Crippen LogP contribution in [0.3, 0.4) is 0 Å². The second-order valence-electron chi connectivity index (χ2n) is 7.61. The third-order valence-corrected chi connectivity index (χ3v) is 6.46. The van der Waals surface area contributed by atoms with Gasteiger partial charge in [-0.25, -0.2) is 0 Å². The molecule has 0 aromatic rings. The number of hydrogen-bond acceptors (Lipinski definition) is 3. The van der Waals surface area contributed by atoms with Crippen LogP contribution in [-0.2, 0) is 0 Å². The SMILES string of the molecule is CC1CN(C2(CN)CCCC(C)(C)CC2)CC(C)S1. The van der Waals surface area contributed by atoms with Crippen LogP contribution in [0, 0.1) is 5.41 Å². The summed E-state index contributed by atoms with van der Waals surface area (Å²) in [7, 11) is 0. The summed E-state index contributed by atoms with van der Waals surface area (Å²) in [5.74, 6) is 0. The quantitative estimate of drug-likeness (QED) is 0.787. The molecular formula is C16H32N2S. The molecule has 0 bridgehead atoms. The summed E-state index contributed by atoms with van der Waals surface area (Å²) in [5, 5.41) is 1.51. The van der Waals surface area contributed by atoms with Crippen molar-refractivity contribution in [2.75, 3.05) is 19.6 Å². The number of hydrogen-bond donors (Lipinski definition) is 1. The Kier molecular flexibility index (Phi) is 4.90. The molecule has 2 N–H and O–H groups in total. The van der Waals surface area contributed by atoms with Gasteiger partial charge in [0, 0.05) is 35.7 Å². The molecule has 112 valence electrons. The van der Waals surface area contributed by atoms with E-state index in [4.69, 9.17) is 5.73 Å². The monoisotopic (exact) mass is 284 g/mol. The molecule has 2 fully saturated rings. The molecule has 0 aromatic carbocycles. The van der Waals surface area contributed by atoms with Gasteiger partial charge in [-0.05, 0) is 31.1 Å². The first-order valence-electron chi connectivity index (χ1n) is 7.97. The summed E-state index contributed by atoms with van der Waals surface area (Å²) in [5.41, 5.74) is 7.07. The summed E-state index contributed by atoms with van der Waals surface area (Å²) in [4.78, 5) is 2.75. The molecule has 2 aliphatic rings. The van der Waals surface area contributed by atoms with Crippen LogP contribution in [0.4, 0.5) is 0 Å². The molecule has 19 heavy (non-hydrogen) atoms. The number of rotatable bonds is 2. The van der Waals surface area contributed by atoms with E-state index in [9.17, 15) is 0 Å². The first-order chi connectivity index (χ1) is 8.87. The molecule has 0 spiro atoms. The van der Waals surface area contributed by atoms with Gasteiger partial charge in [-0.15, -0.1) is 0 Å². The van der Waals surface area contributed by atoms with E-state index < -0.39 is 0 Å². The van der Waals surface area contributed by atoms with Gasteiger partial charge in [0.15, 0.2) is 0 Å². The van der Waals surface area contributed by atoms with Gasteiger partial charge in [0.25, 0.3) is 0 Å². The third-order valence-electron chi connectivity index (χ3n) is 5.23. The van der Waals surface area contributed by atoms with E-state index in [2.05, 4.69) is 44.4 Å². The molecule has 2 rings (SSSR count). The molecule has 1 aliphatic heterocycles. The summed E-state index contributed by atoms with van der Waals surface area (Å²) >= 11 is 2.14. The highest BCUT2D eigenvalue weighted by Gasteiger charge is 2.41. The predicted molar refractivity (Wildman–Crippen MR) is 86.7 cm³/mol. The molecule has 2 nitrogen and oxygen atoms in total. The van der Waals surface area contributed by atoms with Gasteiger partial charge < -0.3 is 5.73 Å². The standard InChI is InChI=1S/C16H32N2S/c1-13-10-18(11-14(2)19-13)16(12-17)7-5-6-15(3,4)8-9-16/h13-14H,5-12,17H2,1-4H3. The van der Waals surface area contributed by atoms with Crippen LogP contribution < -0.4 is 5.73 Å². The number of nitrogens with zero attached hydrogens (tertiary/aromatic N) is 1. The minimum absolute atomic E-state index is 0.289. The Hall–Kier alpha value is 0.270. The largest absolute Gasteiger partial charge is 0.329 e. The van der Waals surface area contributed by atoms with Crippen molar-refractivity contribution in [1.82, 2.24) is 4.90 Å². The van der Waals surface area contributed by atoms with Crippen molar-refractivity contribution in [2.45, 2.75) is 75.8 Å². The lowest BCUT2D eigenvalue weighted by molar-refractivity contribution is 0.0734. The maximum absolute atomic E-state index is 6.27. The van der Waals surface area contributed by atoms with E-state index in [0.717, 1.165) is 17.0 Å². The molecule has 3 unspecified atom stereocenters. The van der Waals surface area contributed by atoms with Crippen molar-refractivity contribution in [3.05, 3.63) is 0 Å². The van der Waals surface area contributed by atoms with E-state index >= 15 is 0 Å². The van der Waals surface area contributed by atoms with Crippen molar-refractivity contribution in [3.8, 4) is 0 Å². The Morgan fingerprint density at radius 3 is 2.26 bits per heavy atom. The summed E-state index contributed by atoms with van der Waals surface area (Å²) in [6.07, 6.45) is 6.63. The lowest BCUT2D eigenvalue weighted by atomic mass is 9.82. The highest BCUT2D eigenvalue weighted by Crippen LogP contribution is 2.42. The maximum Gasteiger partial charge on any atom is 0.0332 e. The van der Waals surface area contributed by atoms with E-state index in [0.29, 0.717) is 5.41 Å². The predicted octanol–water partition coefficient (Wildman–Crippen LogP) is 3.50. The highest BCUT2D eigenvalue weighted by molar-refractivity contribution is 8.00. The molecule has 0 amide bonds. The second-order valence-corrected chi connectivity index (χ2v) is 9.49. The van der Waals surface area contributed by atoms with Gasteiger partial charge in [-0.1, -0.05) is 34.1 Å². The normalized spacial score (nSPS) is 40.9. The average Bonchev–Trinajstić information content (AvgIpc) is 2.47. The van der Waals surface area contributed by atoms with E-state index in [1.54, 1.807) is 0 Å². The first-order valence-corrected chi connectivity index (χ1v) is 8.92. The third kappa shape index (κ3) is 3.68. The smallest absolute Gasteiger partial charge is 0.0332 e. The molecule has 0 aromatic heterocycles. The van der Waals surface area contributed by atoms with E-state index in [1.165, 1.54) is 45.2 Å². The van der Waals surface area contributed by atoms with Crippen molar-refractivity contribution in [1.29, 1.82) is 0 Å². The lowest BCUT2D eigenvalue weighted by Gasteiger charge is -2.48. The fourth-order valence-corrected chi connectivity index (χ4v) is 5.26. The maximum atomic E-state index is 6.27. The Morgan fingerprint density at radius 2 is 1.68 bits per heavy atom. The zero-order chi connectivity index (χ0) is 14.1. The van der Waals surface area contributed by atoms with Crippen molar-refractivity contribution in [2.24, 2.45) is 11.1 Å². The van der Waals surface area contributed by atoms with Gasteiger partial charge in [0.2, 0.25) is 0 Å². The minimum atomic E-state index is 0.289. The summed E-state index contributed by atoms with van der Waals surface area (Å²) < 4.78 is 0. The Balaban J connectivity index is 2.12. The number of thioether (sulfide) groups is 1. The van der Waals surface area contributed by atoms with Gasteiger partial charge in [-0.2, -0.15) is 11.8 Å². The van der Waals surface area contributed by atoms with Gasteiger partial charge in [0.05, 0.1) is 0 Å². The van der Waals surface area contributed by atoms with Crippen molar-refractivity contribution in [3.63, 3.8) is 0 Å². The van der Waals surface area contributed by atoms with Crippen LogP contribution in [0.15, 0.2) is 0 Å². The van der Waals surface area contributed by atoms with E-state index in [-0.39, 0.29) is 5.54 Å². The Labute approximate surface area is 123 Å². The zero-order valence-corrected chi connectivity index (χ0v) is 14.1. The highest BCUT2D eigenvalue weighted by atomic mass is 32.2. The van der Waals surface area contributed by atoms with Crippen LogP contribution >= 0.6 is 11.8 Å². The second kappa shape index (κ2) is 5.95. The summed E-state index contributed by atoms with van der Waals surface area (Å²) in [6, 6.07) is 0. The summed E-state index contributed by atoms with van der Waals surface area (Å²) in [6.45, 7) is 12.9. The lowest BCUT2D eigenvalue weighted by Crippen LogP contribution is -2.58. The molecule has 3 atom stereocenters. The van der Waals surface area contributed by atoms with Crippen LogP contribution in [0.5, 0.6) is 0 Å². The molecule has 1 heterocycles. The van der Waals surface area contributed by atoms with Crippen LogP contribution in [0.1, 0.15) is 59.8 Å². The first kappa shape index (κ1) is 15.7. The van der Waals surface area contributed by atoms with Crippen molar-refractivity contribution >= 4 is 11.8 Å². The molecular weight excluding hydrogens is 252 g/mol. The molecule has 3 heteroatoms. The Morgan fingerprint density at radius 1 is 1.05 bits per heavy atom. The van der Waals surface area contributed by atoms with Crippen LogP contribution in [-0.4, -0.2) is 40.6 Å². The van der Waals surface area contributed by atoms with Gasteiger partial charge in [-0.3, -0.25) is 4.90 Å². The minimum Gasteiger partial charge on any atom is -0.329 e. The number of nitrogens with two attached hydrogens (primary N) is 1. The average molecular weight is 285 g/mol. The fraction of sp³-hybridized carbons (Fsp3) is 1.00. The van der Waals surface area contributed by atoms with E-state index in [1.807, 2.05) is 0 Å². The Bertz CT molecular complexity index is 295. The van der Waals surface area contributed by atoms with Gasteiger partial charge in [0.1, 0.15) is 0 Å². The molecule has 1 saturated carbocycles. The van der Waals surface area contributed by atoms with Gasteiger partial charge >= 0.3 is 0 Å². The van der Waals surface area contributed by atoms with Crippen LogP contribution in [0.25, 0.3) is 0 Å². The zero-order valence-electron chi connectivity index (χ0n) is 13.2.